The van der Waals surface area contributed by atoms with Crippen LogP contribution in [0.4, 0.5) is 0 Å². The molecule has 0 atom stereocenters. The number of carbonyl (C=O) groups excluding carboxylic acids is 1. The highest BCUT2D eigenvalue weighted by Crippen LogP contribution is 2.33. The number of methoxy groups -OCH3 is 1. The number of benzene rings is 1. The number of aromatic nitrogens is 2. The van der Waals surface area contributed by atoms with Crippen molar-refractivity contribution in [3.05, 3.63) is 41.2 Å². The van der Waals surface area contributed by atoms with Crippen LogP contribution in [-0.2, 0) is 24.3 Å². The van der Waals surface area contributed by atoms with Gasteiger partial charge in [0.25, 0.3) is 0 Å². The summed E-state index contributed by atoms with van der Waals surface area (Å²) in [6.45, 7) is 7.83. The molecule has 0 bridgehead atoms. The molecule has 1 aliphatic carbocycles. The Balaban J connectivity index is 1.74. The molecule has 0 saturated heterocycles. The second-order valence-electron chi connectivity index (χ2n) is 8.09. The Morgan fingerprint density at radius 3 is 2.76 bits per heavy atom. The van der Waals surface area contributed by atoms with Crippen LogP contribution in [0.15, 0.2) is 24.3 Å². The first-order valence-corrected chi connectivity index (χ1v) is 10.9. The molecule has 0 radical (unpaired) electrons. The second kappa shape index (κ2) is 8.57. The van der Waals surface area contributed by atoms with E-state index in [0.29, 0.717) is 19.0 Å². The second-order valence-corrected chi connectivity index (χ2v) is 8.09. The fourth-order valence-electron chi connectivity index (χ4n) is 4.35. The van der Waals surface area contributed by atoms with Gasteiger partial charge < -0.3 is 9.64 Å². The molecule has 2 aliphatic rings. The predicted molar refractivity (Wildman–Crippen MR) is 113 cm³/mol. The highest BCUT2D eigenvalue weighted by Gasteiger charge is 2.34. The molecule has 1 fully saturated rings. The summed E-state index contributed by atoms with van der Waals surface area (Å²) in [5.41, 5.74) is 4.57. The summed E-state index contributed by atoms with van der Waals surface area (Å²) in [6, 6.07) is 8.44. The minimum Gasteiger partial charge on any atom is -0.494 e. The molecule has 29 heavy (non-hydrogen) atoms. The van der Waals surface area contributed by atoms with E-state index in [1.165, 1.54) is 11.3 Å². The molecule has 1 aliphatic heterocycles. The molecule has 2 heterocycles. The lowest BCUT2D eigenvalue weighted by Crippen LogP contribution is -2.34. The Morgan fingerprint density at radius 1 is 1.28 bits per heavy atom. The van der Waals surface area contributed by atoms with E-state index in [2.05, 4.69) is 22.6 Å². The van der Waals surface area contributed by atoms with E-state index in [1.54, 1.807) is 7.11 Å². The Hall–Kier alpha value is -2.34. The number of nitrogens with zero attached hydrogens (tertiary/aromatic N) is 4. The summed E-state index contributed by atoms with van der Waals surface area (Å²) in [7, 11) is 1.70. The standard InChI is InChI=1S/C23H32N4O2/c1-4-13-25-14-12-20-18(15-25)19(16-26(17-10-11-17)23(28)5-2)24-27(20)21-8-6-7-9-22(21)29-3/h6-9,17H,4-5,10-16H2,1-3H3. The van der Waals surface area contributed by atoms with E-state index >= 15 is 0 Å². The number of carbonyl (C=O) groups is 1. The zero-order valence-corrected chi connectivity index (χ0v) is 17.9. The molecule has 6 nitrogen and oxygen atoms in total. The fraction of sp³-hybridized carbons (Fsp3) is 0.565. The molecule has 156 valence electrons. The van der Waals surface area contributed by atoms with Crippen LogP contribution in [0.5, 0.6) is 5.75 Å². The van der Waals surface area contributed by atoms with Gasteiger partial charge in [0, 0.05) is 37.5 Å². The molecule has 1 aromatic heterocycles. The van der Waals surface area contributed by atoms with E-state index in [9.17, 15) is 4.79 Å². The van der Waals surface area contributed by atoms with Gasteiger partial charge in [0.1, 0.15) is 11.4 Å². The first-order chi connectivity index (χ1) is 14.2. The number of hydrogen-bond acceptors (Lipinski definition) is 4. The average Bonchev–Trinajstić information content (AvgIpc) is 3.53. The fourth-order valence-corrected chi connectivity index (χ4v) is 4.35. The van der Waals surface area contributed by atoms with Gasteiger partial charge in [-0.3, -0.25) is 9.69 Å². The molecule has 0 N–H and O–H groups in total. The van der Waals surface area contributed by atoms with Crippen LogP contribution in [0, 0.1) is 0 Å². The quantitative estimate of drug-likeness (QED) is 0.685. The Kier molecular flexibility index (Phi) is 5.90. The number of ether oxygens (including phenoxy) is 1. The molecule has 1 aromatic carbocycles. The lowest BCUT2D eigenvalue weighted by atomic mass is 10.0. The average molecular weight is 397 g/mol. The first-order valence-electron chi connectivity index (χ1n) is 10.9. The number of fused-ring (bicyclic) bond motifs is 1. The highest BCUT2D eigenvalue weighted by molar-refractivity contribution is 5.76. The Labute approximate surface area is 173 Å². The Morgan fingerprint density at radius 2 is 2.07 bits per heavy atom. The number of rotatable bonds is 8. The molecule has 0 spiro atoms. The lowest BCUT2D eigenvalue weighted by molar-refractivity contribution is -0.132. The van der Waals surface area contributed by atoms with Crippen molar-refractivity contribution in [1.82, 2.24) is 19.6 Å². The van der Waals surface area contributed by atoms with Crippen molar-refractivity contribution < 1.29 is 9.53 Å². The van der Waals surface area contributed by atoms with Gasteiger partial charge in [-0.15, -0.1) is 0 Å². The summed E-state index contributed by atoms with van der Waals surface area (Å²) >= 11 is 0. The number of para-hydroxylation sites is 2. The van der Waals surface area contributed by atoms with Gasteiger partial charge in [-0.2, -0.15) is 5.10 Å². The van der Waals surface area contributed by atoms with E-state index in [1.807, 2.05) is 30.0 Å². The molecule has 4 rings (SSSR count). The number of amides is 1. The van der Waals surface area contributed by atoms with Crippen molar-refractivity contribution in [3.63, 3.8) is 0 Å². The van der Waals surface area contributed by atoms with Crippen molar-refractivity contribution in [2.24, 2.45) is 0 Å². The van der Waals surface area contributed by atoms with Crippen LogP contribution in [0.1, 0.15) is 56.5 Å². The zero-order chi connectivity index (χ0) is 20.4. The van der Waals surface area contributed by atoms with Gasteiger partial charge in [0.15, 0.2) is 0 Å². The van der Waals surface area contributed by atoms with Crippen LogP contribution in [0.3, 0.4) is 0 Å². The zero-order valence-electron chi connectivity index (χ0n) is 17.9. The molecular formula is C23H32N4O2. The van der Waals surface area contributed by atoms with E-state index < -0.39 is 0 Å². The first kappa shape index (κ1) is 20.0. The minimum atomic E-state index is 0.231. The summed E-state index contributed by atoms with van der Waals surface area (Å²) in [4.78, 5) is 17.1. The molecule has 0 unspecified atom stereocenters. The van der Waals surface area contributed by atoms with E-state index in [-0.39, 0.29) is 5.91 Å². The van der Waals surface area contributed by atoms with Gasteiger partial charge >= 0.3 is 0 Å². The topological polar surface area (TPSA) is 50.6 Å². The largest absolute Gasteiger partial charge is 0.494 e. The third kappa shape index (κ3) is 4.04. The minimum absolute atomic E-state index is 0.231. The molecule has 1 amide bonds. The summed E-state index contributed by atoms with van der Waals surface area (Å²) in [5.74, 6) is 1.05. The van der Waals surface area contributed by atoms with Crippen LogP contribution in [0.2, 0.25) is 0 Å². The molecule has 1 saturated carbocycles. The van der Waals surface area contributed by atoms with Crippen molar-refractivity contribution >= 4 is 5.91 Å². The maximum Gasteiger partial charge on any atom is 0.222 e. The van der Waals surface area contributed by atoms with Gasteiger partial charge in [-0.25, -0.2) is 4.68 Å². The summed E-state index contributed by atoms with van der Waals surface area (Å²) in [5, 5.41) is 5.05. The van der Waals surface area contributed by atoms with Gasteiger partial charge in [0.2, 0.25) is 5.91 Å². The normalized spacial score (nSPS) is 16.5. The van der Waals surface area contributed by atoms with Crippen molar-refractivity contribution in [2.75, 3.05) is 20.2 Å². The van der Waals surface area contributed by atoms with E-state index in [4.69, 9.17) is 9.84 Å². The van der Waals surface area contributed by atoms with Crippen molar-refractivity contribution in [1.29, 1.82) is 0 Å². The third-order valence-electron chi connectivity index (χ3n) is 6.00. The van der Waals surface area contributed by atoms with Crippen LogP contribution < -0.4 is 4.74 Å². The smallest absolute Gasteiger partial charge is 0.222 e. The lowest BCUT2D eigenvalue weighted by Gasteiger charge is -2.28. The maximum absolute atomic E-state index is 12.6. The van der Waals surface area contributed by atoms with Gasteiger partial charge in [0.05, 0.1) is 25.0 Å². The summed E-state index contributed by atoms with van der Waals surface area (Å²) in [6.07, 6.45) is 4.89. The molecule has 2 aromatic rings. The maximum atomic E-state index is 12.6. The summed E-state index contributed by atoms with van der Waals surface area (Å²) < 4.78 is 7.67. The van der Waals surface area contributed by atoms with Gasteiger partial charge in [-0.1, -0.05) is 26.0 Å². The van der Waals surface area contributed by atoms with Gasteiger partial charge in [-0.05, 0) is 37.9 Å². The molecule has 6 heteroatoms. The monoisotopic (exact) mass is 396 g/mol. The van der Waals surface area contributed by atoms with Crippen molar-refractivity contribution in [3.8, 4) is 11.4 Å². The highest BCUT2D eigenvalue weighted by atomic mass is 16.5. The number of hydrogen-bond donors (Lipinski definition) is 0. The van der Waals surface area contributed by atoms with Crippen LogP contribution in [0.25, 0.3) is 5.69 Å². The van der Waals surface area contributed by atoms with Crippen LogP contribution >= 0.6 is 0 Å². The predicted octanol–water partition coefficient (Wildman–Crippen LogP) is 3.55. The Bertz CT molecular complexity index is 872. The molecular weight excluding hydrogens is 364 g/mol. The van der Waals surface area contributed by atoms with Crippen LogP contribution in [-0.4, -0.2) is 51.7 Å². The van der Waals surface area contributed by atoms with E-state index in [0.717, 1.165) is 62.4 Å². The third-order valence-corrected chi connectivity index (χ3v) is 6.00. The SMILES string of the molecule is CCCN1CCc2c(c(CN(C(=O)CC)C3CC3)nn2-c2ccccc2OC)C1. The van der Waals surface area contributed by atoms with Crippen molar-refractivity contribution in [2.45, 2.75) is 65.1 Å².